The number of hydrogen-bond donors (Lipinski definition) is 2. The molecule has 0 saturated carbocycles. The van der Waals surface area contributed by atoms with Gasteiger partial charge in [-0.25, -0.2) is 0 Å². The second-order valence-corrected chi connectivity index (χ2v) is 5.56. The minimum atomic E-state index is -0.668. The van der Waals surface area contributed by atoms with Gasteiger partial charge in [0.2, 0.25) is 0 Å². The van der Waals surface area contributed by atoms with Gasteiger partial charge in [0.05, 0.1) is 5.41 Å². The average molecular weight is 298 g/mol. The van der Waals surface area contributed by atoms with Crippen molar-refractivity contribution in [3.63, 3.8) is 0 Å². The van der Waals surface area contributed by atoms with Crippen molar-refractivity contribution >= 4 is 21.9 Å². The van der Waals surface area contributed by atoms with Gasteiger partial charge in [0, 0.05) is 4.47 Å². The molecule has 92 valence electrons. The maximum atomic E-state index is 11.5. The van der Waals surface area contributed by atoms with Crippen LogP contribution in [0, 0.1) is 5.41 Å². The second kappa shape index (κ2) is 5.19. The highest BCUT2D eigenvalue weighted by Gasteiger charge is 2.39. The van der Waals surface area contributed by atoms with Gasteiger partial charge in [0.15, 0.2) is 0 Å². The molecule has 0 atom stereocenters. The van der Waals surface area contributed by atoms with E-state index in [0.717, 1.165) is 23.1 Å². The van der Waals surface area contributed by atoms with Crippen LogP contribution in [0.2, 0.25) is 0 Å². The van der Waals surface area contributed by atoms with Crippen LogP contribution in [0.4, 0.5) is 0 Å². The summed E-state index contributed by atoms with van der Waals surface area (Å²) in [6.45, 7) is 1.58. The minimum Gasteiger partial charge on any atom is -0.481 e. The predicted octanol–water partition coefficient (Wildman–Crippen LogP) is 2.45. The van der Waals surface area contributed by atoms with Crippen molar-refractivity contribution in [1.82, 2.24) is 5.32 Å². The third kappa shape index (κ3) is 2.87. The number of aliphatic carboxylic acids is 1. The quantitative estimate of drug-likeness (QED) is 0.901. The van der Waals surface area contributed by atoms with Crippen molar-refractivity contribution in [2.24, 2.45) is 5.41 Å². The summed E-state index contributed by atoms with van der Waals surface area (Å²) in [5, 5.41) is 12.7. The molecule has 2 rings (SSSR count). The molecule has 1 aromatic carbocycles. The Kier molecular flexibility index (Phi) is 3.84. The van der Waals surface area contributed by atoms with Gasteiger partial charge in [0.25, 0.3) is 0 Å². The summed E-state index contributed by atoms with van der Waals surface area (Å²) in [6, 6.07) is 7.92. The van der Waals surface area contributed by atoms with E-state index in [4.69, 9.17) is 0 Å². The summed E-state index contributed by atoms with van der Waals surface area (Å²) < 4.78 is 1.00. The van der Waals surface area contributed by atoms with Crippen molar-refractivity contribution in [3.05, 3.63) is 34.3 Å². The lowest BCUT2D eigenvalue weighted by atomic mass is 9.74. The summed E-state index contributed by atoms with van der Waals surface area (Å²) in [5.41, 5.74) is 0.496. The van der Waals surface area contributed by atoms with Gasteiger partial charge >= 0.3 is 5.97 Å². The minimum absolute atomic E-state index is 0.591. The van der Waals surface area contributed by atoms with Crippen LogP contribution < -0.4 is 5.32 Å². The van der Waals surface area contributed by atoms with E-state index >= 15 is 0 Å². The van der Waals surface area contributed by atoms with Crippen molar-refractivity contribution < 1.29 is 9.90 Å². The Bertz CT molecular complexity index is 414. The number of piperidine rings is 1. The number of halogens is 1. The lowest BCUT2D eigenvalue weighted by molar-refractivity contribution is -0.150. The van der Waals surface area contributed by atoms with E-state index < -0.39 is 11.4 Å². The normalized spacial score (nSPS) is 18.9. The SMILES string of the molecule is O=C(O)C1(Cc2cccc(Br)c2)CCNCC1. The number of carboxylic acids is 1. The number of hydrogen-bond acceptors (Lipinski definition) is 2. The average Bonchev–Trinajstić information content (AvgIpc) is 2.30. The smallest absolute Gasteiger partial charge is 0.310 e. The molecule has 1 fully saturated rings. The third-order valence-corrected chi connectivity index (χ3v) is 3.94. The van der Waals surface area contributed by atoms with Gasteiger partial charge in [-0.15, -0.1) is 0 Å². The van der Waals surface area contributed by atoms with Gasteiger partial charge in [-0.2, -0.15) is 0 Å². The fraction of sp³-hybridized carbons (Fsp3) is 0.462. The van der Waals surface area contributed by atoms with Crippen LogP contribution >= 0.6 is 15.9 Å². The van der Waals surface area contributed by atoms with E-state index in [9.17, 15) is 9.90 Å². The first-order valence-corrected chi connectivity index (χ1v) is 6.60. The summed E-state index contributed by atoms with van der Waals surface area (Å²) in [5.74, 6) is -0.668. The number of benzene rings is 1. The Morgan fingerprint density at radius 1 is 1.41 bits per heavy atom. The fourth-order valence-corrected chi connectivity index (χ4v) is 2.86. The Hall–Kier alpha value is -0.870. The summed E-state index contributed by atoms with van der Waals surface area (Å²) in [6.07, 6.45) is 2.02. The highest BCUT2D eigenvalue weighted by Crippen LogP contribution is 2.33. The first kappa shape index (κ1) is 12.6. The van der Waals surface area contributed by atoms with E-state index in [1.54, 1.807) is 0 Å². The van der Waals surface area contributed by atoms with Crippen LogP contribution in [0.3, 0.4) is 0 Å². The molecule has 17 heavy (non-hydrogen) atoms. The molecule has 2 N–H and O–H groups in total. The number of carboxylic acid groups (broad SMARTS) is 1. The van der Waals surface area contributed by atoms with Gasteiger partial charge in [-0.1, -0.05) is 28.1 Å². The molecule has 1 saturated heterocycles. The molecule has 0 unspecified atom stereocenters. The van der Waals surface area contributed by atoms with Gasteiger partial charge in [-0.05, 0) is 50.0 Å². The molecule has 3 nitrogen and oxygen atoms in total. The van der Waals surface area contributed by atoms with Gasteiger partial charge < -0.3 is 10.4 Å². The van der Waals surface area contributed by atoms with Crippen LogP contribution in [0.25, 0.3) is 0 Å². The summed E-state index contributed by atoms with van der Waals surface area (Å²) in [4.78, 5) is 11.5. The molecule has 4 heteroatoms. The highest BCUT2D eigenvalue weighted by atomic mass is 79.9. The molecule has 0 aromatic heterocycles. The Labute approximate surface area is 109 Å². The van der Waals surface area contributed by atoms with Crippen molar-refractivity contribution in [2.75, 3.05) is 13.1 Å². The Balaban J connectivity index is 2.20. The summed E-state index contributed by atoms with van der Waals surface area (Å²) >= 11 is 3.42. The first-order chi connectivity index (χ1) is 8.12. The first-order valence-electron chi connectivity index (χ1n) is 5.81. The molecule has 1 aliphatic rings. The second-order valence-electron chi connectivity index (χ2n) is 4.64. The maximum Gasteiger partial charge on any atom is 0.310 e. The molecule has 0 bridgehead atoms. The number of nitrogens with one attached hydrogen (secondary N) is 1. The lowest BCUT2D eigenvalue weighted by Gasteiger charge is -2.33. The topological polar surface area (TPSA) is 49.3 Å². The van der Waals surface area contributed by atoms with Crippen molar-refractivity contribution in [1.29, 1.82) is 0 Å². The van der Waals surface area contributed by atoms with Crippen LogP contribution in [-0.4, -0.2) is 24.2 Å². The largest absolute Gasteiger partial charge is 0.481 e. The van der Waals surface area contributed by atoms with E-state index in [-0.39, 0.29) is 0 Å². The molecule has 0 radical (unpaired) electrons. The van der Waals surface area contributed by atoms with Crippen LogP contribution in [0.1, 0.15) is 18.4 Å². The highest BCUT2D eigenvalue weighted by molar-refractivity contribution is 9.10. The standard InChI is InChI=1S/C13H16BrNO2/c14-11-3-1-2-10(8-11)9-13(12(16)17)4-6-15-7-5-13/h1-3,8,15H,4-7,9H2,(H,16,17). The molecule has 1 aliphatic heterocycles. The van der Waals surface area contributed by atoms with E-state index in [1.165, 1.54) is 0 Å². The number of rotatable bonds is 3. The Morgan fingerprint density at radius 2 is 2.12 bits per heavy atom. The third-order valence-electron chi connectivity index (χ3n) is 3.45. The fourth-order valence-electron chi connectivity index (χ4n) is 2.41. The zero-order valence-corrected chi connectivity index (χ0v) is 11.2. The molecule has 0 amide bonds. The maximum absolute atomic E-state index is 11.5. The monoisotopic (exact) mass is 297 g/mol. The lowest BCUT2D eigenvalue weighted by Crippen LogP contribution is -2.43. The molecule has 1 heterocycles. The van der Waals surface area contributed by atoms with Crippen LogP contribution in [-0.2, 0) is 11.2 Å². The molecular formula is C13H16BrNO2. The van der Waals surface area contributed by atoms with Crippen LogP contribution in [0.15, 0.2) is 28.7 Å². The zero-order chi connectivity index (χ0) is 12.3. The zero-order valence-electron chi connectivity index (χ0n) is 9.58. The van der Waals surface area contributed by atoms with Gasteiger partial charge in [0.1, 0.15) is 0 Å². The van der Waals surface area contributed by atoms with Gasteiger partial charge in [-0.3, -0.25) is 4.79 Å². The van der Waals surface area contributed by atoms with Crippen LogP contribution in [0.5, 0.6) is 0 Å². The van der Waals surface area contributed by atoms with E-state index in [1.807, 2.05) is 24.3 Å². The van der Waals surface area contributed by atoms with Crippen molar-refractivity contribution in [2.45, 2.75) is 19.3 Å². The number of carbonyl (C=O) groups is 1. The molecule has 1 aromatic rings. The predicted molar refractivity (Wildman–Crippen MR) is 70.0 cm³/mol. The molecule has 0 spiro atoms. The van der Waals surface area contributed by atoms with E-state index in [2.05, 4.69) is 21.2 Å². The Morgan fingerprint density at radius 3 is 2.71 bits per heavy atom. The van der Waals surface area contributed by atoms with E-state index in [0.29, 0.717) is 19.3 Å². The molecule has 0 aliphatic carbocycles. The van der Waals surface area contributed by atoms with Crippen molar-refractivity contribution in [3.8, 4) is 0 Å². The summed E-state index contributed by atoms with van der Waals surface area (Å²) in [7, 11) is 0. The molecular weight excluding hydrogens is 282 g/mol.